The summed E-state index contributed by atoms with van der Waals surface area (Å²) in [6, 6.07) is 14.0. The van der Waals surface area contributed by atoms with Gasteiger partial charge < -0.3 is 21.1 Å². The number of anilines is 2. The molecule has 0 radical (unpaired) electrons. The van der Waals surface area contributed by atoms with Gasteiger partial charge in [0.2, 0.25) is 0 Å². The van der Waals surface area contributed by atoms with E-state index >= 15 is 0 Å². The van der Waals surface area contributed by atoms with Gasteiger partial charge in [-0.25, -0.2) is 9.59 Å². The van der Waals surface area contributed by atoms with Crippen LogP contribution in [0.1, 0.15) is 11.1 Å². The monoisotopic (exact) mass is 340 g/mol. The highest BCUT2D eigenvalue weighted by atomic mass is 16.3. The molecule has 0 unspecified atom stereocenters. The molecule has 7 heteroatoms. The van der Waals surface area contributed by atoms with Crippen LogP contribution in [0.15, 0.2) is 48.5 Å². The molecule has 1 saturated heterocycles. The van der Waals surface area contributed by atoms with Crippen LogP contribution in [0.3, 0.4) is 0 Å². The predicted octanol–water partition coefficient (Wildman–Crippen LogP) is 2.03. The van der Waals surface area contributed by atoms with Crippen molar-refractivity contribution < 1.29 is 14.7 Å². The van der Waals surface area contributed by atoms with Crippen LogP contribution in [0, 0.1) is 0 Å². The molecular formula is C18H20N4O3. The number of nitrogens with one attached hydrogen (secondary N) is 3. The maximum atomic E-state index is 12.1. The highest BCUT2D eigenvalue weighted by Gasteiger charge is 2.21. The molecule has 1 aliphatic heterocycles. The summed E-state index contributed by atoms with van der Waals surface area (Å²) in [5.74, 6) is 0. The molecule has 1 aliphatic rings. The summed E-state index contributed by atoms with van der Waals surface area (Å²) in [7, 11) is 0. The van der Waals surface area contributed by atoms with Crippen molar-refractivity contribution in [2.45, 2.75) is 13.2 Å². The molecule has 3 rings (SSSR count). The molecule has 7 nitrogen and oxygen atoms in total. The highest BCUT2D eigenvalue weighted by Crippen LogP contribution is 2.21. The summed E-state index contributed by atoms with van der Waals surface area (Å²) in [4.78, 5) is 25.5. The standard InChI is InChI=1S/C18H20N4O3/c23-12-14-5-2-1-4-13(14)11-20-17(24)21-15-6-3-7-16(10-15)22-9-8-19-18(22)25/h1-7,10,23H,8-9,11-12H2,(H,19,25)(H2,20,21,24). The number of hydrogen-bond acceptors (Lipinski definition) is 3. The lowest BCUT2D eigenvalue weighted by atomic mass is 10.1. The molecule has 0 saturated carbocycles. The Balaban J connectivity index is 1.60. The third kappa shape index (κ3) is 4.07. The van der Waals surface area contributed by atoms with Gasteiger partial charge in [0.05, 0.1) is 6.61 Å². The molecule has 0 aliphatic carbocycles. The minimum Gasteiger partial charge on any atom is -0.392 e. The molecule has 25 heavy (non-hydrogen) atoms. The van der Waals surface area contributed by atoms with Gasteiger partial charge in [-0.1, -0.05) is 30.3 Å². The smallest absolute Gasteiger partial charge is 0.321 e. The van der Waals surface area contributed by atoms with Crippen LogP contribution in [0.5, 0.6) is 0 Å². The van der Waals surface area contributed by atoms with Gasteiger partial charge in [-0.2, -0.15) is 0 Å². The zero-order chi connectivity index (χ0) is 17.6. The SMILES string of the molecule is O=C(NCc1ccccc1CO)Nc1cccc(N2CCNC2=O)c1. The summed E-state index contributed by atoms with van der Waals surface area (Å²) < 4.78 is 0. The topological polar surface area (TPSA) is 93.7 Å². The Labute approximate surface area is 145 Å². The first-order chi connectivity index (χ1) is 12.2. The lowest BCUT2D eigenvalue weighted by Gasteiger charge is -2.16. The molecule has 0 bridgehead atoms. The number of carbonyl (C=O) groups excluding carboxylic acids is 2. The zero-order valence-corrected chi connectivity index (χ0v) is 13.7. The molecule has 0 atom stereocenters. The molecule has 0 spiro atoms. The van der Waals surface area contributed by atoms with E-state index in [1.54, 1.807) is 23.1 Å². The van der Waals surface area contributed by atoms with Crippen LogP contribution in [0.4, 0.5) is 21.0 Å². The van der Waals surface area contributed by atoms with E-state index in [-0.39, 0.29) is 18.7 Å². The van der Waals surface area contributed by atoms with Crippen LogP contribution < -0.4 is 20.9 Å². The Hall–Kier alpha value is -3.06. The van der Waals surface area contributed by atoms with Gasteiger partial charge in [0.25, 0.3) is 0 Å². The number of amides is 4. The molecule has 1 fully saturated rings. The molecule has 4 amide bonds. The van der Waals surface area contributed by atoms with Crippen LogP contribution in [0.25, 0.3) is 0 Å². The molecule has 1 heterocycles. The third-order valence-electron chi connectivity index (χ3n) is 4.00. The van der Waals surface area contributed by atoms with Crippen molar-refractivity contribution >= 4 is 23.4 Å². The largest absolute Gasteiger partial charge is 0.392 e. The molecular weight excluding hydrogens is 320 g/mol. The maximum Gasteiger partial charge on any atom is 0.321 e. The Kier molecular flexibility index (Phi) is 5.15. The summed E-state index contributed by atoms with van der Waals surface area (Å²) >= 11 is 0. The van der Waals surface area contributed by atoms with Crippen molar-refractivity contribution in [3.8, 4) is 0 Å². The van der Waals surface area contributed by atoms with Crippen molar-refractivity contribution in [3.63, 3.8) is 0 Å². The minimum absolute atomic E-state index is 0.0700. The molecule has 0 aromatic heterocycles. The summed E-state index contributed by atoms with van der Waals surface area (Å²) in [5, 5.41) is 17.6. The number of nitrogens with zero attached hydrogens (tertiary/aromatic N) is 1. The second-order valence-electron chi connectivity index (χ2n) is 5.67. The van der Waals surface area contributed by atoms with Gasteiger partial charge in [0.1, 0.15) is 0 Å². The number of carbonyl (C=O) groups is 2. The van der Waals surface area contributed by atoms with E-state index < -0.39 is 0 Å². The van der Waals surface area contributed by atoms with E-state index in [4.69, 9.17) is 0 Å². The Morgan fingerprint density at radius 1 is 1.16 bits per heavy atom. The van der Waals surface area contributed by atoms with Gasteiger partial charge in [0.15, 0.2) is 0 Å². The second kappa shape index (κ2) is 7.67. The van der Waals surface area contributed by atoms with Gasteiger partial charge in [-0.3, -0.25) is 4.90 Å². The van der Waals surface area contributed by atoms with Crippen LogP contribution in [-0.2, 0) is 13.2 Å². The third-order valence-corrected chi connectivity index (χ3v) is 4.00. The average Bonchev–Trinajstić information content (AvgIpc) is 3.06. The number of aliphatic hydroxyl groups excluding tert-OH is 1. The first kappa shape index (κ1) is 16.8. The van der Waals surface area contributed by atoms with E-state index in [0.717, 1.165) is 16.8 Å². The average molecular weight is 340 g/mol. The fourth-order valence-corrected chi connectivity index (χ4v) is 2.70. The Bertz CT molecular complexity index is 778. The van der Waals surface area contributed by atoms with E-state index in [0.29, 0.717) is 25.3 Å². The molecule has 4 N–H and O–H groups in total. The Morgan fingerprint density at radius 2 is 1.96 bits per heavy atom. The van der Waals surface area contributed by atoms with E-state index in [2.05, 4.69) is 16.0 Å². The van der Waals surface area contributed by atoms with Crippen molar-refractivity contribution in [1.29, 1.82) is 0 Å². The van der Waals surface area contributed by atoms with Crippen molar-refractivity contribution in [1.82, 2.24) is 10.6 Å². The quantitative estimate of drug-likeness (QED) is 0.671. The number of urea groups is 2. The number of hydrogen-bond donors (Lipinski definition) is 4. The first-order valence-electron chi connectivity index (χ1n) is 8.05. The van der Waals surface area contributed by atoms with Crippen LogP contribution in [0.2, 0.25) is 0 Å². The van der Waals surface area contributed by atoms with E-state index in [9.17, 15) is 14.7 Å². The van der Waals surface area contributed by atoms with Gasteiger partial charge in [0, 0.05) is 31.0 Å². The number of benzene rings is 2. The summed E-state index contributed by atoms with van der Waals surface area (Å²) in [6.45, 7) is 1.46. The van der Waals surface area contributed by atoms with Crippen molar-refractivity contribution in [3.05, 3.63) is 59.7 Å². The van der Waals surface area contributed by atoms with E-state index in [1.807, 2.05) is 30.3 Å². The molecule has 130 valence electrons. The summed E-state index contributed by atoms with van der Waals surface area (Å²) in [6.07, 6.45) is 0. The number of aliphatic hydroxyl groups is 1. The van der Waals surface area contributed by atoms with Gasteiger partial charge in [-0.15, -0.1) is 0 Å². The fraction of sp³-hybridized carbons (Fsp3) is 0.222. The van der Waals surface area contributed by atoms with Gasteiger partial charge >= 0.3 is 12.1 Å². The fourth-order valence-electron chi connectivity index (χ4n) is 2.70. The zero-order valence-electron chi connectivity index (χ0n) is 13.7. The van der Waals surface area contributed by atoms with Crippen LogP contribution in [-0.4, -0.2) is 30.3 Å². The second-order valence-corrected chi connectivity index (χ2v) is 5.67. The van der Waals surface area contributed by atoms with Crippen molar-refractivity contribution in [2.75, 3.05) is 23.3 Å². The maximum absolute atomic E-state index is 12.1. The lowest BCUT2D eigenvalue weighted by molar-refractivity contribution is 0.251. The summed E-state index contributed by atoms with van der Waals surface area (Å²) in [5.41, 5.74) is 2.98. The Morgan fingerprint density at radius 3 is 2.68 bits per heavy atom. The first-order valence-corrected chi connectivity index (χ1v) is 8.05. The van der Waals surface area contributed by atoms with Crippen molar-refractivity contribution in [2.24, 2.45) is 0 Å². The normalized spacial score (nSPS) is 13.5. The minimum atomic E-state index is -0.351. The van der Waals surface area contributed by atoms with E-state index in [1.165, 1.54) is 0 Å². The van der Waals surface area contributed by atoms with Gasteiger partial charge in [-0.05, 0) is 29.3 Å². The highest BCUT2D eigenvalue weighted by molar-refractivity contribution is 5.95. The van der Waals surface area contributed by atoms with Crippen LogP contribution >= 0.6 is 0 Å². The lowest BCUT2D eigenvalue weighted by Crippen LogP contribution is -2.29. The number of rotatable bonds is 5. The predicted molar refractivity (Wildman–Crippen MR) is 95.4 cm³/mol. The molecule has 2 aromatic carbocycles. The molecule has 2 aromatic rings.